The molecule has 0 fully saturated rings. The van der Waals surface area contributed by atoms with E-state index in [0.717, 1.165) is 18.4 Å². The topological polar surface area (TPSA) is 75.2 Å². The summed E-state index contributed by atoms with van der Waals surface area (Å²) in [4.78, 5) is 36.7. The fraction of sp³-hybridized carbons (Fsp3) is 0.647. The van der Waals surface area contributed by atoms with Gasteiger partial charge >= 0.3 is 0 Å². The van der Waals surface area contributed by atoms with Crippen LogP contribution < -0.4 is 10.2 Å². The van der Waals surface area contributed by atoms with Gasteiger partial charge in [0.05, 0.1) is 0 Å². The molecule has 1 N–H and O–H groups in total. The van der Waals surface area contributed by atoms with Crippen molar-refractivity contribution in [2.45, 2.75) is 57.7 Å². The molecule has 2 heterocycles. The first kappa shape index (κ1) is 18.7. The highest BCUT2D eigenvalue weighted by atomic mass is 32.2. The van der Waals surface area contributed by atoms with Crippen molar-refractivity contribution < 1.29 is 9.59 Å². The first-order valence-electron chi connectivity index (χ1n) is 8.44. The van der Waals surface area contributed by atoms with Crippen LogP contribution in [0.1, 0.15) is 45.6 Å². The number of hydrogen-bond donors (Lipinski definition) is 1. The van der Waals surface area contributed by atoms with Crippen LogP contribution in [0.3, 0.4) is 0 Å². The minimum absolute atomic E-state index is 0.0248. The van der Waals surface area contributed by atoms with E-state index in [-0.39, 0.29) is 17.9 Å². The number of carbonyl (C=O) groups excluding carboxylic acids is 2. The summed E-state index contributed by atoms with van der Waals surface area (Å²) in [6, 6.07) is 0.0248. The number of hydrogen-bond acceptors (Lipinski definition) is 5. The maximum atomic E-state index is 13.4. The maximum absolute atomic E-state index is 13.4. The molecule has 0 bridgehead atoms. The third-order valence-electron chi connectivity index (χ3n) is 4.92. The van der Waals surface area contributed by atoms with Gasteiger partial charge in [0.2, 0.25) is 11.8 Å². The third kappa shape index (κ3) is 2.90. The van der Waals surface area contributed by atoms with Crippen LogP contribution >= 0.6 is 11.8 Å². The van der Waals surface area contributed by atoms with Gasteiger partial charge in [-0.25, -0.2) is 9.97 Å². The van der Waals surface area contributed by atoms with E-state index >= 15 is 0 Å². The van der Waals surface area contributed by atoms with Crippen molar-refractivity contribution in [2.24, 2.45) is 5.41 Å². The van der Waals surface area contributed by atoms with E-state index in [4.69, 9.17) is 0 Å². The molecule has 0 radical (unpaired) electrons. The van der Waals surface area contributed by atoms with Crippen LogP contribution in [0, 0.1) is 5.41 Å². The van der Waals surface area contributed by atoms with Crippen LogP contribution in [0.2, 0.25) is 0 Å². The molecule has 0 spiro atoms. The van der Waals surface area contributed by atoms with Gasteiger partial charge in [-0.15, -0.1) is 0 Å². The highest BCUT2D eigenvalue weighted by molar-refractivity contribution is 7.98. The molecule has 1 aromatic rings. The Balaban J connectivity index is 2.66. The highest BCUT2D eigenvalue weighted by Crippen LogP contribution is 2.41. The third-order valence-corrected chi connectivity index (χ3v) is 5.49. The number of carbonyl (C=O) groups is 2. The zero-order valence-corrected chi connectivity index (χ0v) is 15.9. The molecule has 0 saturated heterocycles. The molecular formula is C17H26N4O2S. The zero-order chi connectivity index (χ0) is 17.9. The Labute approximate surface area is 147 Å². The molecule has 0 aromatic carbocycles. The molecule has 0 saturated carbocycles. The average molecular weight is 350 g/mol. The SMILES string of the molecule is CCC(CC)N1C(=O)C(CC)(C(=O)NC)Cc2cnc(SC)nc21. The van der Waals surface area contributed by atoms with Gasteiger partial charge < -0.3 is 5.32 Å². The van der Waals surface area contributed by atoms with Crippen molar-refractivity contribution >= 4 is 29.4 Å². The minimum atomic E-state index is -1.07. The number of amides is 2. The van der Waals surface area contributed by atoms with E-state index in [1.807, 2.05) is 13.2 Å². The van der Waals surface area contributed by atoms with E-state index < -0.39 is 5.41 Å². The van der Waals surface area contributed by atoms with Crippen molar-refractivity contribution in [1.29, 1.82) is 0 Å². The van der Waals surface area contributed by atoms with E-state index in [1.54, 1.807) is 18.1 Å². The van der Waals surface area contributed by atoms with Crippen LogP contribution in [0.25, 0.3) is 0 Å². The molecule has 2 amide bonds. The number of nitrogens with one attached hydrogen (secondary N) is 1. The highest BCUT2D eigenvalue weighted by Gasteiger charge is 2.52. The van der Waals surface area contributed by atoms with Gasteiger partial charge in [0.15, 0.2) is 5.16 Å². The van der Waals surface area contributed by atoms with Crippen LogP contribution in [0.5, 0.6) is 0 Å². The summed E-state index contributed by atoms with van der Waals surface area (Å²) in [5.41, 5.74) is -0.209. The summed E-state index contributed by atoms with van der Waals surface area (Å²) in [6.45, 7) is 6.00. The number of rotatable bonds is 6. The van der Waals surface area contributed by atoms with E-state index in [9.17, 15) is 9.59 Å². The first-order chi connectivity index (χ1) is 11.5. The standard InChI is InChI=1S/C17H26N4O2S/c1-6-12(7-2)21-13-11(10-19-16(20-13)24-5)9-17(8-3,15(21)23)14(22)18-4/h10,12H,6-9H2,1-5H3,(H,18,22). The average Bonchev–Trinajstić information content (AvgIpc) is 2.62. The van der Waals surface area contributed by atoms with Crippen molar-refractivity contribution in [3.63, 3.8) is 0 Å². The summed E-state index contributed by atoms with van der Waals surface area (Å²) in [5, 5.41) is 3.31. The largest absolute Gasteiger partial charge is 0.358 e. The van der Waals surface area contributed by atoms with Crippen molar-refractivity contribution in [1.82, 2.24) is 15.3 Å². The second-order valence-corrected chi connectivity index (χ2v) is 6.82. The van der Waals surface area contributed by atoms with Crippen molar-refractivity contribution in [2.75, 3.05) is 18.2 Å². The Morgan fingerprint density at radius 3 is 2.58 bits per heavy atom. The molecule has 1 unspecified atom stereocenters. The second-order valence-electron chi connectivity index (χ2n) is 6.04. The number of anilines is 1. The fourth-order valence-electron chi connectivity index (χ4n) is 3.39. The minimum Gasteiger partial charge on any atom is -0.358 e. The normalized spacial score (nSPS) is 20.2. The molecule has 0 aliphatic carbocycles. The Bertz CT molecular complexity index is 633. The van der Waals surface area contributed by atoms with E-state index in [0.29, 0.717) is 23.8 Å². The molecule has 1 aromatic heterocycles. The molecule has 6 nitrogen and oxygen atoms in total. The number of thioether (sulfide) groups is 1. The Hall–Kier alpha value is -1.63. The smallest absolute Gasteiger partial charge is 0.244 e. The number of nitrogens with zero attached hydrogens (tertiary/aromatic N) is 3. The lowest BCUT2D eigenvalue weighted by atomic mass is 9.74. The molecule has 2 rings (SSSR count). The maximum Gasteiger partial charge on any atom is 0.244 e. The summed E-state index contributed by atoms with van der Waals surface area (Å²) in [6.07, 6.45) is 6.11. The molecule has 7 heteroatoms. The predicted molar refractivity (Wildman–Crippen MR) is 96.2 cm³/mol. The summed E-state index contributed by atoms with van der Waals surface area (Å²) in [5.74, 6) is 0.294. The van der Waals surface area contributed by atoms with Crippen LogP contribution in [-0.2, 0) is 16.0 Å². The molecule has 132 valence electrons. The van der Waals surface area contributed by atoms with E-state index in [1.165, 1.54) is 11.8 Å². The van der Waals surface area contributed by atoms with Crippen LogP contribution in [0.15, 0.2) is 11.4 Å². The summed E-state index contributed by atoms with van der Waals surface area (Å²) >= 11 is 1.45. The Morgan fingerprint density at radius 1 is 1.42 bits per heavy atom. The molecule has 24 heavy (non-hydrogen) atoms. The summed E-state index contributed by atoms with van der Waals surface area (Å²) < 4.78 is 0. The Morgan fingerprint density at radius 2 is 2.08 bits per heavy atom. The van der Waals surface area contributed by atoms with Gasteiger partial charge in [0.1, 0.15) is 11.2 Å². The van der Waals surface area contributed by atoms with Gasteiger partial charge in [-0.05, 0) is 25.5 Å². The van der Waals surface area contributed by atoms with E-state index in [2.05, 4.69) is 29.1 Å². The van der Waals surface area contributed by atoms with Crippen molar-refractivity contribution in [3.8, 4) is 0 Å². The Kier molecular flexibility index (Phi) is 5.85. The lowest BCUT2D eigenvalue weighted by molar-refractivity contribution is -0.143. The zero-order valence-electron chi connectivity index (χ0n) is 15.0. The number of aromatic nitrogens is 2. The van der Waals surface area contributed by atoms with Gasteiger partial charge in [-0.2, -0.15) is 0 Å². The van der Waals surface area contributed by atoms with Crippen LogP contribution in [0.4, 0.5) is 5.82 Å². The predicted octanol–water partition coefficient (Wildman–Crippen LogP) is 2.42. The fourth-order valence-corrected chi connectivity index (χ4v) is 3.72. The number of fused-ring (bicyclic) bond motifs is 1. The monoisotopic (exact) mass is 350 g/mol. The van der Waals surface area contributed by atoms with Gasteiger partial charge in [0, 0.05) is 31.3 Å². The lowest BCUT2D eigenvalue weighted by Gasteiger charge is -2.43. The first-order valence-corrected chi connectivity index (χ1v) is 9.67. The van der Waals surface area contributed by atoms with Crippen LogP contribution in [-0.4, -0.2) is 41.1 Å². The molecular weight excluding hydrogens is 324 g/mol. The summed E-state index contributed by atoms with van der Waals surface area (Å²) in [7, 11) is 1.58. The van der Waals surface area contributed by atoms with Crippen molar-refractivity contribution in [3.05, 3.63) is 11.8 Å². The second kappa shape index (κ2) is 7.51. The van der Waals surface area contributed by atoms with Gasteiger partial charge in [0.25, 0.3) is 0 Å². The van der Waals surface area contributed by atoms with Gasteiger partial charge in [-0.1, -0.05) is 32.5 Å². The molecule has 1 aliphatic rings. The quantitative estimate of drug-likeness (QED) is 0.484. The van der Waals surface area contributed by atoms with Gasteiger partial charge in [-0.3, -0.25) is 14.5 Å². The molecule has 1 atom stereocenters. The lowest BCUT2D eigenvalue weighted by Crippen LogP contribution is -2.58. The molecule has 1 aliphatic heterocycles.